The zero-order chi connectivity index (χ0) is 69.1. The van der Waals surface area contributed by atoms with Gasteiger partial charge in [-0.3, -0.25) is 0 Å². The summed E-state index contributed by atoms with van der Waals surface area (Å²) in [6.07, 6.45) is 6.85. The molecule has 5 heterocycles. The maximum Gasteiger partial charge on any atom is 0.247 e. The second-order valence-corrected chi connectivity index (χ2v) is 59.6. The van der Waals surface area contributed by atoms with Crippen LogP contribution < -0.4 is 0 Å². The maximum atomic E-state index is 6.56. The molecular weight excluding hydrogens is 1470 g/mol. The van der Waals surface area contributed by atoms with Gasteiger partial charge in [-0.1, -0.05) is 179 Å². The van der Waals surface area contributed by atoms with E-state index in [9.17, 15) is 0 Å². The van der Waals surface area contributed by atoms with Crippen LogP contribution in [0.4, 0.5) is 0 Å². The molecule has 18 nitrogen and oxygen atoms in total. The standard InChI is InChI=1S/C37H72O12P4S8.C17H28O4.C5H11O2PS2/c1-29(58-50(54)42-17-33(5,6)18-43-50)13-38-25-37(26-39-14-30(2)59-51(55)44-19-34(7,8)20-45-51,27-40-15-31(3)60-52(56)46-21-35(9,10)22-47-52)28-41-16-32(4)61-53(57)48-23-36(11,12)24-49-53;1-5-9-18-13-17(14-19-10-6-2,15-20-11-7-3)16-21-12-8-4;1-5(2)3-6-8(9,10)7-4-5/h29-32H,13-28H2,1-12H3;5-8H,1-4,9-16H2;3-4H2,1-2H3,(H,9,10). The Hall–Kier alpha value is 3.24. The van der Waals surface area contributed by atoms with Crippen LogP contribution in [-0.4, -0.2) is 193 Å². The summed E-state index contributed by atoms with van der Waals surface area (Å²) in [6.45, 7) is 56.6. The summed E-state index contributed by atoms with van der Waals surface area (Å²) in [4.78, 5) is 0. The minimum Gasteiger partial charge on any atom is -0.379 e. The maximum absolute atomic E-state index is 6.56. The molecule has 540 valence electrons. The quantitative estimate of drug-likeness (QED) is 0.0266. The molecule has 5 fully saturated rings. The van der Waals surface area contributed by atoms with Crippen LogP contribution in [-0.2, 0) is 142 Å². The largest absolute Gasteiger partial charge is 0.379 e. The van der Waals surface area contributed by atoms with Gasteiger partial charge in [-0.2, -0.15) is 0 Å². The molecule has 0 amide bonds. The molecule has 0 aliphatic carbocycles. The molecule has 5 aliphatic rings. The topological polar surface area (TPSA) is 166 Å². The van der Waals surface area contributed by atoms with Crippen molar-refractivity contribution >= 4 is 145 Å². The van der Waals surface area contributed by atoms with Crippen LogP contribution in [0.2, 0.25) is 0 Å². The summed E-state index contributed by atoms with van der Waals surface area (Å²) >= 11 is 38.7. The van der Waals surface area contributed by atoms with Crippen LogP contribution in [0.5, 0.6) is 0 Å². The van der Waals surface area contributed by atoms with E-state index in [1.54, 1.807) is 69.8 Å². The summed E-state index contributed by atoms with van der Waals surface area (Å²) < 4.78 is 108. The van der Waals surface area contributed by atoms with Crippen LogP contribution in [0, 0.1) is 37.9 Å². The highest BCUT2D eigenvalue weighted by Crippen LogP contribution is 2.68. The molecule has 4 unspecified atom stereocenters. The lowest BCUT2D eigenvalue weighted by molar-refractivity contribution is -0.105. The Morgan fingerprint density at radius 2 is 0.511 bits per heavy atom. The van der Waals surface area contributed by atoms with E-state index >= 15 is 0 Å². The zero-order valence-electron chi connectivity index (χ0n) is 57.0. The van der Waals surface area contributed by atoms with Crippen molar-refractivity contribution < 1.29 is 83.1 Å². The Morgan fingerprint density at radius 1 is 0.348 bits per heavy atom. The highest BCUT2D eigenvalue weighted by Gasteiger charge is 2.41. The van der Waals surface area contributed by atoms with Crippen LogP contribution in [0.1, 0.15) is 96.9 Å². The van der Waals surface area contributed by atoms with E-state index in [2.05, 4.69) is 135 Å². The van der Waals surface area contributed by atoms with Crippen molar-refractivity contribution in [1.82, 2.24) is 0 Å². The van der Waals surface area contributed by atoms with E-state index in [0.29, 0.717) is 172 Å². The van der Waals surface area contributed by atoms with Gasteiger partial charge in [0.2, 0.25) is 28.5 Å². The fourth-order valence-corrected chi connectivity index (χ4v) is 32.2. The average Bonchev–Trinajstić information content (AvgIpc) is 1.72. The van der Waals surface area contributed by atoms with Gasteiger partial charge in [-0.05, 0) is 59.0 Å². The van der Waals surface area contributed by atoms with E-state index in [0.717, 1.165) is 0 Å². The Bertz CT molecular complexity index is 2120. The fourth-order valence-electron chi connectivity index (χ4n) is 7.89. The molecule has 92 heavy (non-hydrogen) atoms. The van der Waals surface area contributed by atoms with Crippen molar-refractivity contribution in [3.8, 4) is 0 Å². The number of hydrogen-bond acceptors (Lipinski definition) is 27. The number of thiol groups is 1. The molecule has 5 rings (SSSR count). The summed E-state index contributed by atoms with van der Waals surface area (Å²) in [5.41, 5.74) is -13.3. The van der Waals surface area contributed by atoms with Gasteiger partial charge in [-0.15, -0.1) is 26.3 Å². The Kier molecular flexibility index (Phi) is 41.1. The van der Waals surface area contributed by atoms with Gasteiger partial charge in [0.05, 0.1) is 183 Å². The number of ether oxygens (including phenoxy) is 8. The van der Waals surface area contributed by atoms with Crippen molar-refractivity contribution in [2.45, 2.75) is 118 Å². The third-order valence-electron chi connectivity index (χ3n) is 13.0. The van der Waals surface area contributed by atoms with Crippen molar-refractivity contribution in [2.75, 3.05) is 172 Å². The van der Waals surface area contributed by atoms with E-state index in [4.69, 9.17) is 142 Å². The molecule has 4 atom stereocenters. The van der Waals surface area contributed by atoms with Gasteiger partial charge < -0.3 is 83.1 Å². The van der Waals surface area contributed by atoms with Gasteiger partial charge in [0, 0.05) is 48.1 Å². The summed E-state index contributed by atoms with van der Waals surface area (Å²) in [7, 11) is 0. The lowest BCUT2D eigenvalue weighted by Gasteiger charge is -2.38. The first-order chi connectivity index (χ1) is 42.7. The van der Waals surface area contributed by atoms with Gasteiger partial charge in [0.15, 0.2) is 0 Å². The van der Waals surface area contributed by atoms with Crippen molar-refractivity contribution in [3.05, 3.63) is 50.6 Å². The summed E-state index contributed by atoms with van der Waals surface area (Å²) in [5, 5.41) is 0.0734. The van der Waals surface area contributed by atoms with Crippen molar-refractivity contribution in [1.29, 1.82) is 0 Å². The van der Waals surface area contributed by atoms with Crippen LogP contribution >= 0.6 is 86.2 Å². The first kappa shape index (κ1) is 89.5. The molecule has 33 heteroatoms. The Balaban J connectivity index is 0.000000580. The number of rotatable bonds is 40. The summed E-state index contributed by atoms with van der Waals surface area (Å²) in [5.74, 6) is 0. The van der Waals surface area contributed by atoms with E-state index < -0.39 is 33.9 Å². The lowest BCUT2D eigenvalue weighted by atomic mass is 9.92. The lowest BCUT2D eigenvalue weighted by Crippen LogP contribution is -2.43. The minimum absolute atomic E-state index is 0.0183. The van der Waals surface area contributed by atoms with E-state index in [1.807, 2.05) is 0 Å². The van der Waals surface area contributed by atoms with E-state index in [-0.39, 0.29) is 53.5 Å². The average molecular weight is 1580 g/mol. The van der Waals surface area contributed by atoms with Gasteiger partial charge >= 0.3 is 0 Å². The molecular formula is C59H111O18P5S10. The van der Waals surface area contributed by atoms with Crippen LogP contribution in [0.15, 0.2) is 50.6 Å². The van der Waals surface area contributed by atoms with E-state index in [1.165, 1.54) is 0 Å². The third kappa shape index (κ3) is 37.6. The molecule has 0 aromatic heterocycles. The Labute approximate surface area is 601 Å². The normalized spacial score (nSPS) is 24.2. The Morgan fingerprint density at radius 3 is 0.674 bits per heavy atom. The second-order valence-electron chi connectivity index (χ2n) is 27.8. The molecule has 5 aliphatic heterocycles. The highest BCUT2D eigenvalue weighted by atomic mass is 32.9. The zero-order valence-corrected chi connectivity index (χ0v) is 69.8. The molecule has 0 N–H and O–H groups in total. The monoisotopic (exact) mass is 1580 g/mol. The summed E-state index contributed by atoms with van der Waals surface area (Å²) in [6, 6.07) is 0. The fraction of sp³-hybridized carbons (Fsp3) is 0.864. The molecule has 0 radical (unpaired) electrons. The minimum atomic E-state index is -2.49. The molecule has 0 saturated carbocycles. The molecule has 0 aromatic rings. The second kappa shape index (κ2) is 42.3. The predicted octanol–water partition coefficient (Wildman–Crippen LogP) is 16.7. The third-order valence-corrected chi connectivity index (χ3v) is 37.4. The molecule has 0 aromatic carbocycles. The first-order valence-electron chi connectivity index (χ1n) is 30.7. The smallest absolute Gasteiger partial charge is 0.247 e. The predicted molar refractivity (Wildman–Crippen MR) is 409 cm³/mol. The van der Waals surface area contributed by atoms with Crippen molar-refractivity contribution in [3.63, 3.8) is 0 Å². The highest BCUT2D eigenvalue weighted by molar-refractivity contribution is 8.69. The van der Waals surface area contributed by atoms with Gasteiger partial charge in [-0.25, -0.2) is 0 Å². The SMILES string of the molecule is C=CCOCC(COCC=C)(COCC=C)COCC=C.CC(COCC(COCC(C)SP1(=S)OCC(C)(C)CO1)(COCC(C)SP1(=S)OCC(C)(C)CO1)COCC(C)SP1(=S)OCC(C)(C)CO1)SP1(=S)OCC(C)(C)CO1.CC1(C)COP(=S)(S)OC1. The molecule has 5 saturated heterocycles. The van der Waals surface area contributed by atoms with Crippen molar-refractivity contribution in [2.24, 2.45) is 37.9 Å². The van der Waals surface area contributed by atoms with Crippen LogP contribution in [0.3, 0.4) is 0 Å². The first-order valence-corrected chi connectivity index (χ1v) is 51.0. The molecule has 0 bridgehead atoms. The van der Waals surface area contributed by atoms with Gasteiger partial charge in [0.1, 0.15) is 0 Å². The number of hydrogen-bond donors (Lipinski definition) is 1. The molecule has 0 spiro atoms. The van der Waals surface area contributed by atoms with Gasteiger partial charge in [0.25, 0.3) is 0 Å². The van der Waals surface area contributed by atoms with Crippen LogP contribution in [0.25, 0.3) is 0 Å².